The summed E-state index contributed by atoms with van der Waals surface area (Å²) in [4.78, 5) is 35.8. The Labute approximate surface area is 126 Å². The number of allylic oxidation sites excluding steroid dienone is 2. The van der Waals surface area contributed by atoms with Crippen LogP contribution in [0.3, 0.4) is 0 Å². The molecular formula is C18H24O3. The number of hydrogen-bond acceptors (Lipinski definition) is 3. The molecule has 2 fully saturated rings. The highest BCUT2D eigenvalue weighted by Crippen LogP contribution is 2.57. The fraction of sp³-hybridized carbons (Fsp3) is 0.722. The summed E-state index contributed by atoms with van der Waals surface area (Å²) < 4.78 is 0. The number of Topliss-reactive ketones (excluding diaryl/α,β-unsaturated/α-hetero) is 3. The van der Waals surface area contributed by atoms with Gasteiger partial charge in [-0.2, -0.15) is 0 Å². The van der Waals surface area contributed by atoms with Crippen LogP contribution in [0.5, 0.6) is 0 Å². The highest BCUT2D eigenvalue weighted by atomic mass is 16.1. The average Bonchev–Trinajstić information content (AvgIpc) is 2.74. The van der Waals surface area contributed by atoms with Crippen molar-refractivity contribution in [2.24, 2.45) is 17.3 Å². The maximum atomic E-state index is 12.3. The van der Waals surface area contributed by atoms with E-state index in [0.717, 1.165) is 31.3 Å². The van der Waals surface area contributed by atoms with Crippen molar-refractivity contribution in [3.05, 3.63) is 11.1 Å². The minimum Gasteiger partial charge on any atom is -0.300 e. The first-order valence-electron chi connectivity index (χ1n) is 8.21. The summed E-state index contributed by atoms with van der Waals surface area (Å²) in [5, 5.41) is 0. The molecule has 3 unspecified atom stereocenters. The Morgan fingerprint density at radius 3 is 2.67 bits per heavy atom. The van der Waals surface area contributed by atoms with Gasteiger partial charge in [-0.3, -0.25) is 9.59 Å². The standard InChI is InChI=1S/C18H24O3/c1-11(19)3-4-14-12-9-10-18(2)15(6-8-17(18)21)13(12)5-7-16(14)20/h13,15H,3-10H2,1-2H3. The Bertz CT molecular complexity index is 543. The van der Waals surface area contributed by atoms with E-state index in [-0.39, 0.29) is 17.0 Å². The van der Waals surface area contributed by atoms with Crippen molar-refractivity contribution in [2.75, 3.05) is 0 Å². The van der Waals surface area contributed by atoms with Crippen molar-refractivity contribution in [3.8, 4) is 0 Å². The van der Waals surface area contributed by atoms with E-state index >= 15 is 0 Å². The zero-order valence-corrected chi connectivity index (χ0v) is 13.0. The summed E-state index contributed by atoms with van der Waals surface area (Å²) in [5.74, 6) is 1.66. The second-order valence-corrected chi connectivity index (χ2v) is 7.26. The summed E-state index contributed by atoms with van der Waals surface area (Å²) in [7, 11) is 0. The predicted molar refractivity (Wildman–Crippen MR) is 79.7 cm³/mol. The lowest BCUT2D eigenvalue weighted by molar-refractivity contribution is -0.128. The summed E-state index contributed by atoms with van der Waals surface area (Å²) in [5.41, 5.74) is 2.08. The molecule has 3 aliphatic carbocycles. The van der Waals surface area contributed by atoms with Gasteiger partial charge >= 0.3 is 0 Å². The molecule has 21 heavy (non-hydrogen) atoms. The molecule has 2 saturated carbocycles. The molecule has 0 aromatic carbocycles. The maximum Gasteiger partial charge on any atom is 0.158 e. The van der Waals surface area contributed by atoms with E-state index in [4.69, 9.17) is 0 Å². The summed E-state index contributed by atoms with van der Waals surface area (Å²) >= 11 is 0. The second-order valence-electron chi connectivity index (χ2n) is 7.26. The molecule has 0 heterocycles. The molecule has 0 radical (unpaired) electrons. The van der Waals surface area contributed by atoms with E-state index in [2.05, 4.69) is 6.92 Å². The highest BCUT2D eigenvalue weighted by Gasteiger charge is 2.53. The van der Waals surface area contributed by atoms with Gasteiger partial charge in [0.25, 0.3) is 0 Å². The fourth-order valence-corrected chi connectivity index (χ4v) is 4.86. The van der Waals surface area contributed by atoms with Gasteiger partial charge in [0.1, 0.15) is 11.6 Å². The van der Waals surface area contributed by atoms with E-state index in [0.29, 0.717) is 43.3 Å². The van der Waals surface area contributed by atoms with Crippen LogP contribution >= 0.6 is 0 Å². The van der Waals surface area contributed by atoms with Crippen LogP contribution in [0.15, 0.2) is 11.1 Å². The SMILES string of the molecule is CC(=O)CCC1=C2CCC3(C)C(=O)CCC3C2CCC1=O. The van der Waals surface area contributed by atoms with Crippen molar-refractivity contribution in [1.29, 1.82) is 0 Å². The van der Waals surface area contributed by atoms with E-state index in [9.17, 15) is 14.4 Å². The molecular weight excluding hydrogens is 264 g/mol. The third kappa shape index (κ3) is 2.31. The minimum absolute atomic E-state index is 0.148. The zero-order valence-electron chi connectivity index (χ0n) is 13.0. The lowest BCUT2D eigenvalue weighted by atomic mass is 9.58. The minimum atomic E-state index is -0.153. The van der Waals surface area contributed by atoms with Crippen LogP contribution in [0.25, 0.3) is 0 Å². The Kier molecular flexibility index (Phi) is 3.62. The molecule has 3 heteroatoms. The molecule has 0 aliphatic heterocycles. The third-order valence-electron chi connectivity index (χ3n) is 6.12. The average molecular weight is 288 g/mol. The summed E-state index contributed by atoms with van der Waals surface area (Å²) in [6.45, 7) is 3.72. The molecule has 0 spiro atoms. The monoisotopic (exact) mass is 288 g/mol. The van der Waals surface area contributed by atoms with E-state index in [1.807, 2.05) is 0 Å². The fourth-order valence-electron chi connectivity index (χ4n) is 4.86. The smallest absolute Gasteiger partial charge is 0.158 e. The van der Waals surface area contributed by atoms with Crippen molar-refractivity contribution in [2.45, 2.75) is 65.2 Å². The first kappa shape index (κ1) is 14.7. The van der Waals surface area contributed by atoms with Crippen LogP contribution in [0.1, 0.15) is 65.2 Å². The number of hydrogen-bond donors (Lipinski definition) is 0. The molecule has 0 amide bonds. The number of fused-ring (bicyclic) bond motifs is 3. The zero-order chi connectivity index (χ0) is 15.2. The molecule has 0 saturated heterocycles. The lowest BCUT2D eigenvalue weighted by Gasteiger charge is -2.45. The Balaban J connectivity index is 1.92. The molecule has 0 bridgehead atoms. The molecule has 3 rings (SSSR count). The van der Waals surface area contributed by atoms with Crippen LogP contribution in [0.4, 0.5) is 0 Å². The third-order valence-corrected chi connectivity index (χ3v) is 6.12. The molecule has 3 atom stereocenters. The van der Waals surface area contributed by atoms with E-state index in [1.165, 1.54) is 5.57 Å². The second kappa shape index (κ2) is 5.19. The van der Waals surface area contributed by atoms with Gasteiger partial charge in [-0.05, 0) is 56.4 Å². The number of carbonyl (C=O) groups is 3. The molecule has 0 N–H and O–H groups in total. The van der Waals surface area contributed by atoms with Crippen molar-refractivity contribution < 1.29 is 14.4 Å². The van der Waals surface area contributed by atoms with Crippen molar-refractivity contribution in [1.82, 2.24) is 0 Å². The van der Waals surface area contributed by atoms with Gasteiger partial charge in [0, 0.05) is 24.7 Å². The predicted octanol–water partition coefficient (Wildman–Crippen LogP) is 3.41. The van der Waals surface area contributed by atoms with Gasteiger partial charge in [-0.25, -0.2) is 0 Å². The lowest BCUT2D eigenvalue weighted by Crippen LogP contribution is -2.40. The van der Waals surface area contributed by atoms with Crippen LogP contribution < -0.4 is 0 Å². The molecule has 0 aromatic rings. The Morgan fingerprint density at radius 1 is 1.19 bits per heavy atom. The van der Waals surface area contributed by atoms with Crippen LogP contribution in [-0.4, -0.2) is 17.3 Å². The van der Waals surface area contributed by atoms with Crippen LogP contribution in [0, 0.1) is 17.3 Å². The normalized spacial score (nSPS) is 35.7. The van der Waals surface area contributed by atoms with Gasteiger partial charge in [-0.15, -0.1) is 0 Å². The first-order valence-corrected chi connectivity index (χ1v) is 8.21. The number of carbonyl (C=O) groups excluding carboxylic acids is 3. The molecule has 0 aromatic heterocycles. The maximum absolute atomic E-state index is 12.3. The highest BCUT2D eigenvalue weighted by molar-refractivity contribution is 5.98. The van der Waals surface area contributed by atoms with Gasteiger partial charge in [0.05, 0.1) is 0 Å². The van der Waals surface area contributed by atoms with E-state index < -0.39 is 0 Å². The Morgan fingerprint density at radius 2 is 1.95 bits per heavy atom. The van der Waals surface area contributed by atoms with Crippen molar-refractivity contribution in [3.63, 3.8) is 0 Å². The van der Waals surface area contributed by atoms with Gasteiger partial charge in [-0.1, -0.05) is 12.5 Å². The Hall–Kier alpha value is -1.25. The topological polar surface area (TPSA) is 51.2 Å². The summed E-state index contributed by atoms with van der Waals surface area (Å²) in [6, 6.07) is 0. The number of ketones is 3. The largest absolute Gasteiger partial charge is 0.300 e. The summed E-state index contributed by atoms with van der Waals surface area (Å²) in [6.07, 6.45) is 6.05. The van der Waals surface area contributed by atoms with Crippen LogP contribution in [0.2, 0.25) is 0 Å². The van der Waals surface area contributed by atoms with Crippen molar-refractivity contribution >= 4 is 17.3 Å². The van der Waals surface area contributed by atoms with Gasteiger partial charge in [0.2, 0.25) is 0 Å². The van der Waals surface area contributed by atoms with E-state index in [1.54, 1.807) is 6.92 Å². The molecule has 3 aliphatic rings. The number of rotatable bonds is 3. The molecule has 114 valence electrons. The van der Waals surface area contributed by atoms with Crippen LogP contribution in [-0.2, 0) is 14.4 Å². The van der Waals surface area contributed by atoms with Gasteiger partial charge in [0.15, 0.2) is 5.78 Å². The first-order chi connectivity index (χ1) is 9.93. The molecule has 3 nitrogen and oxygen atoms in total. The quantitative estimate of drug-likeness (QED) is 0.799. The van der Waals surface area contributed by atoms with Gasteiger partial charge < -0.3 is 4.79 Å².